The van der Waals surface area contributed by atoms with Gasteiger partial charge in [-0.1, -0.05) is 0 Å². The first kappa shape index (κ1) is 6.96. The number of β-amino-alcohol motifs (C(OH)–C–C–N with tert-alkyl or cyclic N) is 1. The van der Waals surface area contributed by atoms with Crippen molar-refractivity contribution >= 4 is 0 Å². The highest BCUT2D eigenvalue weighted by atomic mass is 19.1. The zero-order chi connectivity index (χ0) is 6.69. The van der Waals surface area contributed by atoms with Gasteiger partial charge in [0, 0.05) is 19.6 Å². The van der Waals surface area contributed by atoms with Crippen LogP contribution in [0.5, 0.6) is 0 Å². The minimum atomic E-state index is -0.299. The van der Waals surface area contributed by atoms with E-state index in [1.54, 1.807) is 0 Å². The summed E-state index contributed by atoms with van der Waals surface area (Å²) in [6.45, 7) is 1.69. The van der Waals surface area contributed by atoms with Gasteiger partial charge in [-0.25, -0.2) is 4.39 Å². The summed E-state index contributed by atoms with van der Waals surface area (Å²) >= 11 is 0. The lowest BCUT2D eigenvalue weighted by molar-refractivity contribution is 0.173. The van der Waals surface area contributed by atoms with Crippen molar-refractivity contribution in [2.45, 2.75) is 12.5 Å². The summed E-state index contributed by atoms with van der Waals surface area (Å²) in [5.41, 5.74) is 0. The van der Waals surface area contributed by atoms with Crippen LogP contribution in [0.25, 0.3) is 0 Å². The van der Waals surface area contributed by atoms with Gasteiger partial charge in [0.2, 0.25) is 0 Å². The molecule has 1 aliphatic rings. The zero-order valence-electron chi connectivity index (χ0n) is 5.39. The van der Waals surface area contributed by atoms with Crippen LogP contribution in [0.15, 0.2) is 0 Å². The highest BCUT2D eigenvalue weighted by Crippen LogP contribution is 2.07. The Hall–Kier alpha value is -0.150. The Kier molecular flexibility index (Phi) is 2.42. The molecule has 0 bridgehead atoms. The Morgan fingerprint density at radius 1 is 1.67 bits per heavy atom. The molecule has 1 aliphatic heterocycles. The van der Waals surface area contributed by atoms with Crippen LogP contribution in [-0.2, 0) is 0 Å². The third-order valence-corrected chi connectivity index (χ3v) is 1.65. The monoisotopic (exact) mass is 133 g/mol. The molecule has 0 radical (unpaired) electrons. The fraction of sp³-hybridized carbons (Fsp3) is 1.00. The van der Waals surface area contributed by atoms with Crippen molar-refractivity contribution in [3.63, 3.8) is 0 Å². The second-order valence-electron chi connectivity index (χ2n) is 2.43. The lowest BCUT2D eigenvalue weighted by atomic mass is 10.3. The van der Waals surface area contributed by atoms with Crippen LogP contribution >= 0.6 is 0 Å². The summed E-state index contributed by atoms with van der Waals surface area (Å²) in [7, 11) is 0. The smallest absolute Gasteiger partial charge is 0.102 e. The number of hydrogen-bond donors (Lipinski definition) is 1. The molecule has 0 aliphatic carbocycles. The Morgan fingerprint density at radius 3 is 2.89 bits per heavy atom. The molecule has 1 unspecified atom stereocenters. The van der Waals surface area contributed by atoms with Crippen LogP contribution < -0.4 is 0 Å². The molecule has 1 rings (SSSR count). The number of aliphatic hydroxyl groups is 1. The van der Waals surface area contributed by atoms with Gasteiger partial charge in [0.1, 0.15) is 6.67 Å². The van der Waals surface area contributed by atoms with Gasteiger partial charge in [-0.05, 0) is 6.42 Å². The van der Waals surface area contributed by atoms with E-state index in [-0.39, 0.29) is 12.8 Å². The van der Waals surface area contributed by atoms with Crippen molar-refractivity contribution in [1.82, 2.24) is 4.90 Å². The van der Waals surface area contributed by atoms with E-state index in [0.29, 0.717) is 13.1 Å². The highest BCUT2D eigenvalue weighted by molar-refractivity contribution is 4.73. The Balaban J connectivity index is 2.14. The first-order valence-corrected chi connectivity index (χ1v) is 3.29. The predicted molar refractivity (Wildman–Crippen MR) is 33.0 cm³/mol. The predicted octanol–water partition coefficient (Wildman–Crippen LogP) is 0.0225. The van der Waals surface area contributed by atoms with Crippen LogP contribution in [0.4, 0.5) is 4.39 Å². The van der Waals surface area contributed by atoms with Crippen molar-refractivity contribution in [3.8, 4) is 0 Å². The minimum absolute atomic E-state index is 0.212. The minimum Gasteiger partial charge on any atom is -0.392 e. The maximum atomic E-state index is 11.6. The van der Waals surface area contributed by atoms with Gasteiger partial charge in [0.25, 0.3) is 0 Å². The average Bonchev–Trinajstić information content (AvgIpc) is 2.17. The van der Waals surface area contributed by atoms with Crippen molar-refractivity contribution < 1.29 is 9.50 Å². The number of rotatable bonds is 2. The highest BCUT2D eigenvalue weighted by Gasteiger charge is 2.18. The van der Waals surface area contributed by atoms with Crippen molar-refractivity contribution in [1.29, 1.82) is 0 Å². The lowest BCUT2D eigenvalue weighted by Crippen LogP contribution is -2.24. The van der Waals surface area contributed by atoms with Crippen LogP contribution in [0.2, 0.25) is 0 Å². The van der Waals surface area contributed by atoms with Gasteiger partial charge < -0.3 is 5.11 Å². The second kappa shape index (κ2) is 3.13. The van der Waals surface area contributed by atoms with E-state index >= 15 is 0 Å². The molecule has 2 nitrogen and oxygen atoms in total. The number of hydrogen-bond acceptors (Lipinski definition) is 2. The molecule has 0 saturated carbocycles. The largest absolute Gasteiger partial charge is 0.392 e. The van der Waals surface area contributed by atoms with E-state index in [4.69, 9.17) is 5.11 Å². The molecule has 9 heavy (non-hydrogen) atoms. The topological polar surface area (TPSA) is 23.5 Å². The van der Waals surface area contributed by atoms with Gasteiger partial charge in [0.15, 0.2) is 0 Å². The molecule has 3 heteroatoms. The molecular formula is C6H12FNO. The normalized spacial score (nSPS) is 29.3. The van der Waals surface area contributed by atoms with Crippen LogP contribution in [0.1, 0.15) is 6.42 Å². The molecule has 1 saturated heterocycles. The van der Waals surface area contributed by atoms with E-state index < -0.39 is 0 Å². The Labute approximate surface area is 54.3 Å². The SMILES string of the molecule is OC1CCN(CCF)C1. The number of aliphatic hydroxyl groups excluding tert-OH is 1. The first-order chi connectivity index (χ1) is 4.33. The third kappa shape index (κ3) is 1.91. The van der Waals surface area contributed by atoms with Gasteiger partial charge in [-0.2, -0.15) is 0 Å². The molecule has 0 aromatic carbocycles. The quantitative estimate of drug-likeness (QED) is 0.574. The summed E-state index contributed by atoms with van der Waals surface area (Å²) in [4.78, 5) is 1.94. The molecule has 0 aromatic rings. The number of nitrogens with zero attached hydrogens (tertiary/aromatic N) is 1. The average molecular weight is 133 g/mol. The van der Waals surface area contributed by atoms with E-state index in [0.717, 1.165) is 13.0 Å². The first-order valence-electron chi connectivity index (χ1n) is 3.29. The molecule has 1 N–H and O–H groups in total. The molecular weight excluding hydrogens is 121 g/mol. The maximum absolute atomic E-state index is 11.6. The number of alkyl halides is 1. The summed E-state index contributed by atoms with van der Waals surface area (Å²) in [6, 6.07) is 0. The van der Waals surface area contributed by atoms with Crippen LogP contribution in [-0.4, -0.2) is 42.4 Å². The van der Waals surface area contributed by atoms with E-state index in [1.165, 1.54) is 0 Å². The molecule has 0 spiro atoms. The molecule has 1 atom stereocenters. The fourth-order valence-electron chi connectivity index (χ4n) is 1.13. The molecule has 54 valence electrons. The molecule has 1 fully saturated rings. The van der Waals surface area contributed by atoms with Crippen molar-refractivity contribution in [2.75, 3.05) is 26.3 Å². The molecule has 1 heterocycles. The van der Waals surface area contributed by atoms with Crippen LogP contribution in [0, 0.1) is 0 Å². The van der Waals surface area contributed by atoms with Gasteiger partial charge in [-0.15, -0.1) is 0 Å². The maximum Gasteiger partial charge on any atom is 0.102 e. The van der Waals surface area contributed by atoms with Crippen molar-refractivity contribution in [3.05, 3.63) is 0 Å². The summed E-state index contributed by atoms with van der Waals surface area (Å²) in [5, 5.41) is 8.96. The summed E-state index contributed by atoms with van der Waals surface area (Å²) in [5.74, 6) is 0. The zero-order valence-corrected chi connectivity index (χ0v) is 5.39. The van der Waals surface area contributed by atoms with Gasteiger partial charge in [0.05, 0.1) is 6.10 Å². The molecule has 0 amide bonds. The van der Waals surface area contributed by atoms with Crippen LogP contribution in [0.3, 0.4) is 0 Å². The van der Waals surface area contributed by atoms with E-state index in [2.05, 4.69) is 0 Å². The van der Waals surface area contributed by atoms with E-state index in [1.807, 2.05) is 4.90 Å². The standard InChI is InChI=1S/C6H12FNO/c7-2-4-8-3-1-6(9)5-8/h6,9H,1-5H2. The van der Waals surface area contributed by atoms with E-state index in [9.17, 15) is 4.39 Å². The summed E-state index contributed by atoms with van der Waals surface area (Å²) in [6.07, 6.45) is 0.594. The lowest BCUT2D eigenvalue weighted by Gasteiger charge is -2.10. The summed E-state index contributed by atoms with van der Waals surface area (Å²) < 4.78 is 11.6. The Bertz CT molecular complexity index is 87.1. The Morgan fingerprint density at radius 2 is 2.44 bits per heavy atom. The van der Waals surface area contributed by atoms with Crippen molar-refractivity contribution in [2.24, 2.45) is 0 Å². The fourth-order valence-corrected chi connectivity index (χ4v) is 1.13. The van der Waals surface area contributed by atoms with Gasteiger partial charge in [-0.3, -0.25) is 4.90 Å². The van der Waals surface area contributed by atoms with Gasteiger partial charge >= 0.3 is 0 Å². The molecule has 0 aromatic heterocycles. The number of likely N-dealkylation sites (tertiary alicyclic amines) is 1. The number of halogens is 1. The third-order valence-electron chi connectivity index (χ3n) is 1.65. The second-order valence-corrected chi connectivity index (χ2v) is 2.43.